The molecule has 0 saturated carbocycles. The van der Waals surface area contributed by atoms with Crippen LogP contribution in [0.5, 0.6) is 11.5 Å². The topological polar surface area (TPSA) is 18.5 Å². The molecule has 0 atom stereocenters. The first kappa shape index (κ1) is 11.5. The fourth-order valence-corrected chi connectivity index (χ4v) is 0.785. The van der Waals surface area contributed by atoms with Crippen LogP contribution in [0, 0.1) is 6.07 Å². The van der Waals surface area contributed by atoms with Crippen molar-refractivity contribution in [3.8, 4) is 11.5 Å². The third-order valence-electron chi connectivity index (χ3n) is 1.20. The average Bonchev–Trinajstić information content (AvgIpc) is 1.99. The van der Waals surface area contributed by atoms with Gasteiger partial charge >= 0.3 is 13.0 Å². The lowest BCUT2D eigenvalue weighted by Gasteiger charge is -2.09. The molecule has 15 heavy (non-hydrogen) atoms. The maximum atomic E-state index is 11.7. The second-order valence-electron chi connectivity index (χ2n) is 2.31. The zero-order valence-corrected chi connectivity index (χ0v) is 7.02. The van der Waals surface area contributed by atoms with E-state index in [-0.39, 0.29) is 0 Å². The molecule has 1 radical (unpaired) electrons. The van der Waals surface area contributed by atoms with Crippen LogP contribution in [0.2, 0.25) is 0 Å². The van der Waals surface area contributed by atoms with Gasteiger partial charge in [0, 0.05) is 12.1 Å². The number of rotatable bonds is 3. The van der Waals surface area contributed by atoms with Gasteiger partial charge in [-0.3, -0.25) is 0 Å². The minimum atomic E-state index is -4.89. The fraction of sp³-hybridized carbons (Fsp3) is 0.250. The Morgan fingerprint density at radius 2 is 1.93 bits per heavy atom. The number of ether oxygens (including phenoxy) is 2. The Hall–Kier alpha value is -1.53. The molecule has 0 aliphatic carbocycles. The number of benzene rings is 1. The molecule has 0 aliphatic rings. The third-order valence-corrected chi connectivity index (χ3v) is 1.20. The van der Waals surface area contributed by atoms with Crippen LogP contribution in [0.1, 0.15) is 0 Å². The van der Waals surface area contributed by atoms with E-state index < -0.39 is 24.5 Å². The molecule has 0 aromatic heterocycles. The van der Waals surface area contributed by atoms with E-state index in [1.807, 2.05) is 0 Å². The van der Waals surface area contributed by atoms with E-state index in [1.54, 1.807) is 0 Å². The first-order chi connectivity index (χ1) is 6.87. The number of hydrogen-bond acceptors (Lipinski definition) is 2. The Morgan fingerprint density at radius 1 is 1.27 bits per heavy atom. The van der Waals surface area contributed by atoms with Crippen molar-refractivity contribution in [2.24, 2.45) is 0 Å². The van der Waals surface area contributed by atoms with Crippen molar-refractivity contribution in [3.63, 3.8) is 0 Å². The molecule has 0 N–H and O–H groups in total. The minimum Gasteiger partial charge on any atom is -0.435 e. The highest BCUT2D eigenvalue weighted by Gasteiger charge is 2.31. The van der Waals surface area contributed by atoms with Crippen molar-refractivity contribution < 1.29 is 31.4 Å². The van der Waals surface area contributed by atoms with E-state index in [1.165, 1.54) is 0 Å². The highest BCUT2D eigenvalue weighted by Crippen LogP contribution is 2.26. The quantitative estimate of drug-likeness (QED) is 0.739. The second kappa shape index (κ2) is 4.33. The number of halogens is 5. The van der Waals surface area contributed by atoms with Gasteiger partial charge in [-0.25, -0.2) is 0 Å². The van der Waals surface area contributed by atoms with Gasteiger partial charge in [0.15, 0.2) is 0 Å². The first-order valence-corrected chi connectivity index (χ1v) is 3.59. The highest BCUT2D eigenvalue weighted by molar-refractivity contribution is 5.31. The third kappa shape index (κ3) is 4.48. The van der Waals surface area contributed by atoms with Crippen LogP contribution in [0.3, 0.4) is 0 Å². The van der Waals surface area contributed by atoms with Crippen LogP contribution in [0.25, 0.3) is 0 Å². The summed E-state index contributed by atoms with van der Waals surface area (Å²) >= 11 is 0. The van der Waals surface area contributed by atoms with Crippen molar-refractivity contribution in [2.45, 2.75) is 13.0 Å². The van der Waals surface area contributed by atoms with Gasteiger partial charge in [0.05, 0.1) is 0 Å². The van der Waals surface area contributed by atoms with Crippen molar-refractivity contribution >= 4 is 0 Å². The molecule has 0 bridgehead atoms. The van der Waals surface area contributed by atoms with Gasteiger partial charge in [-0.1, -0.05) is 0 Å². The molecule has 0 aliphatic heterocycles. The summed E-state index contributed by atoms with van der Waals surface area (Å²) in [5, 5.41) is 0. The second-order valence-corrected chi connectivity index (χ2v) is 2.31. The number of hydrogen-bond donors (Lipinski definition) is 0. The Balaban J connectivity index is 2.74. The molecular formula is C8H4F5O2. The molecule has 0 amide bonds. The predicted octanol–water partition coefficient (Wildman–Crippen LogP) is 2.99. The largest absolute Gasteiger partial charge is 0.573 e. The van der Waals surface area contributed by atoms with E-state index in [0.29, 0.717) is 6.07 Å². The van der Waals surface area contributed by atoms with Crippen LogP contribution in [0.15, 0.2) is 18.2 Å². The van der Waals surface area contributed by atoms with Gasteiger partial charge in [0.1, 0.15) is 11.5 Å². The normalized spacial score (nSPS) is 11.6. The van der Waals surface area contributed by atoms with Crippen molar-refractivity contribution in [1.29, 1.82) is 0 Å². The van der Waals surface area contributed by atoms with Crippen molar-refractivity contribution in [2.75, 3.05) is 0 Å². The molecule has 7 heteroatoms. The lowest BCUT2D eigenvalue weighted by atomic mass is 10.3. The molecule has 0 fully saturated rings. The standard InChI is InChI=1S/C8H4F5O2/c9-7(10)14-5-2-1-3-6(4-5)15-8(11,12)13/h1-2,4,7H. The first-order valence-electron chi connectivity index (χ1n) is 3.59. The van der Waals surface area contributed by atoms with Gasteiger partial charge in [-0.05, 0) is 12.1 Å². The van der Waals surface area contributed by atoms with Crippen LogP contribution in [-0.4, -0.2) is 13.0 Å². The van der Waals surface area contributed by atoms with E-state index in [4.69, 9.17) is 0 Å². The molecule has 0 spiro atoms. The van der Waals surface area contributed by atoms with Crippen LogP contribution >= 0.6 is 0 Å². The Morgan fingerprint density at radius 3 is 2.47 bits per heavy atom. The molecule has 0 heterocycles. The fourth-order valence-electron chi connectivity index (χ4n) is 0.785. The molecular weight excluding hydrogens is 223 g/mol. The lowest BCUT2D eigenvalue weighted by molar-refractivity contribution is -0.274. The summed E-state index contributed by atoms with van der Waals surface area (Å²) in [7, 11) is 0. The zero-order valence-electron chi connectivity index (χ0n) is 7.02. The molecule has 1 aromatic carbocycles. The van der Waals surface area contributed by atoms with E-state index in [9.17, 15) is 22.0 Å². The van der Waals surface area contributed by atoms with Crippen LogP contribution < -0.4 is 9.47 Å². The summed E-state index contributed by atoms with van der Waals surface area (Å²) in [6, 6.07) is 4.76. The van der Waals surface area contributed by atoms with Crippen LogP contribution in [-0.2, 0) is 0 Å². The van der Waals surface area contributed by atoms with Crippen molar-refractivity contribution in [3.05, 3.63) is 24.3 Å². The van der Waals surface area contributed by atoms with Crippen molar-refractivity contribution in [1.82, 2.24) is 0 Å². The number of alkyl halides is 5. The van der Waals surface area contributed by atoms with Gasteiger partial charge in [0.2, 0.25) is 0 Å². The Kier molecular flexibility index (Phi) is 3.33. The molecule has 83 valence electrons. The average molecular weight is 227 g/mol. The zero-order chi connectivity index (χ0) is 11.5. The summed E-state index contributed by atoms with van der Waals surface area (Å²) < 4.78 is 65.8. The van der Waals surface area contributed by atoms with Gasteiger partial charge in [-0.2, -0.15) is 8.78 Å². The minimum absolute atomic E-state index is 0.428. The van der Waals surface area contributed by atoms with E-state index >= 15 is 0 Å². The molecule has 1 rings (SSSR count). The van der Waals surface area contributed by atoms with E-state index in [0.717, 1.165) is 12.1 Å². The molecule has 1 aromatic rings. The monoisotopic (exact) mass is 227 g/mol. The van der Waals surface area contributed by atoms with E-state index in [2.05, 4.69) is 15.5 Å². The maximum absolute atomic E-state index is 11.7. The lowest BCUT2D eigenvalue weighted by Crippen LogP contribution is -2.17. The maximum Gasteiger partial charge on any atom is 0.573 e. The molecule has 0 unspecified atom stereocenters. The predicted molar refractivity (Wildman–Crippen MR) is 38.6 cm³/mol. The highest BCUT2D eigenvalue weighted by atomic mass is 19.4. The van der Waals surface area contributed by atoms with Gasteiger partial charge in [-0.15, -0.1) is 13.2 Å². The SMILES string of the molecule is FC(F)Oc1cc[c]c(OC(F)(F)F)c1. The van der Waals surface area contributed by atoms with Crippen LogP contribution in [0.4, 0.5) is 22.0 Å². The Bertz CT molecular complexity index is 323. The summed E-state index contributed by atoms with van der Waals surface area (Å²) in [6.45, 7) is -3.11. The molecule has 2 nitrogen and oxygen atoms in total. The van der Waals surface area contributed by atoms with Gasteiger partial charge < -0.3 is 9.47 Å². The molecule has 0 saturated heterocycles. The Labute approximate surface area is 81.2 Å². The summed E-state index contributed by atoms with van der Waals surface area (Å²) in [4.78, 5) is 0. The van der Waals surface area contributed by atoms with Gasteiger partial charge in [0.25, 0.3) is 0 Å². The summed E-state index contributed by atoms with van der Waals surface area (Å²) in [5.74, 6) is -1.16. The summed E-state index contributed by atoms with van der Waals surface area (Å²) in [6.07, 6.45) is -4.89. The smallest absolute Gasteiger partial charge is 0.435 e. The summed E-state index contributed by atoms with van der Waals surface area (Å²) in [5.41, 5.74) is 0.